The van der Waals surface area contributed by atoms with Crippen LogP contribution in [0.3, 0.4) is 0 Å². The molecule has 0 fully saturated rings. The first-order valence-electron chi connectivity index (χ1n) is 6.93. The zero-order valence-corrected chi connectivity index (χ0v) is 14.4. The monoisotopic (exact) mass is 362 g/mol. The van der Waals surface area contributed by atoms with E-state index in [2.05, 4.69) is 35.1 Å². The van der Waals surface area contributed by atoms with Gasteiger partial charge in [0.25, 0.3) is 0 Å². The maximum atomic E-state index is 11.3. The summed E-state index contributed by atoms with van der Waals surface area (Å²) in [5.41, 5.74) is 0.889. The van der Waals surface area contributed by atoms with Gasteiger partial charge in [-0.3, -0.25) is 0 Å². The number of anilines is 1. The lowest BCUT2D eigenvalue weighted by Crippen LogP contribution is -2.16. The molecule has 0 aromatic heterocycles. The third-order valence-electron chi connectivity index (χ3n) is 3.16. The van der Waals surface area contributed by atoms with Gasteiger partial charge in [-0.2, -0.15) is 0 Å². The van der Waals surface area contributed by atoms with E-state index in [0.29, 0.717) is 10.5 Å². The minimum atomic E-state index is -3.65. The molecule has 6 heteroatoms. The molecule has 0 radical (unpaired) electrons. The second kappa shape index (κ2) is 8.00. The van der Waals surface area contributed by atoms with E-state index in [1.807, 2.05) is 0 Å². The lowest BCUT2D eigenvalue weighted by atomic mass is 10.1. The number of hydrogen-bond acceptors (Lipinski definition) is 3. The fourth-order valence-electron chi connectivity index (χ4n) is 2.00. The number of sulfonamides is 1. The van der Waals surface area contributed by atoms with E-state index in [1.165, 1.54) is 37.8 Å². The van der Waals surface area contributed by atoms with Gasteiger partial charge in [0.1, 0.15) is 0 Å². The number of halogens is 1. The Labute approximate surface area is 130 Å². The third kappa shape index (κ3) is 5.81. The highest BCUT2D eigenvalue weighted by Gasteiger charge is 2.11. The van der Waals surface area contributed by atoms with Gasteiger partial charge >= 0.3 is 0 Å². The number of nitrogens with one attached hydrogen (secondary N) is 1. The SMILES string of the molecule is CCCCCCC(C)Nc1ccc(S(N)(=O)=O)cc1Br. The standard InChI is InChI=1S/C14H23BrN2O2S/c1-3-4-5-6-7-11(2)17-14-9-8-12(10-13(14)15)20(16,18)19/h8-11,17H,3-7H2,1-2H3,(H2,16,18,19). The predicted molar refractivity (Wildman–Crippen MR) is 87.4 cm³/mol. The maximum Gasteiger partial charge on any atom is 0.238 e. The number of unbranched alkanes of at least 4 members (excludes halogenated alkanes) is 3. The fourth-order valence-corrected chi connectivity index (χ4v) is 3.19. The van der Waals surface area contributed by atoms with Gasteiger partial charge in [-0.15, -0.1) is 0 Å². The van der Waals surface area contributed by atoms with Crippen LogP contribution in [0.4, 0.5) is 5.69 Å². The molecule has 20 heavy (non-hydrogen) atoms. The first-order valence-corrected chi connectivity index (χ1v) is 9.27. The van der Waals surface area contributed by atoms with Crippen molar-refractivity contribution < 1.29 is 8.42 Å². The van der Waals surface area contributed by atoms with Crippen LogP contribution in [0.15, 0.2) is 27.6 Å². The molecule has 0 aliphatic heterocycles. The molecule has 0 aliphatic carbocycles. The maximum absolute atomic E-state index is 11.3. The van der Waals surface area contributed by atoms with E-state index in [0.717, 1.165) is 12.1 Å². The Balaban J connectivity index is 2.60. The molecule has 4 nitrogen and oxygen atoms in total. The molecule has 1 unspecified atom stereocenters. The van der Waals surface area contributed by atoms with Crippen molar-refractivity contribution in [3.05, 3.63) is 22.7 Å². The molecule has 1 atom stereocenters. The Morgan fingerprint density at radius 3 is 2.55 bits per heavy atom. The average Bonchev–Trinajstić information content (AvgIpc) is 2.36. The lowest BCUT2D eigenvalue weighted by molar-refractivity contribution is 0.593. The van der Waals surface area contributed by atoms with Crippen LogP contribution < -0.4 is 10.5 Å². The zero-order chi connectivity index (χ0) is 15.2. The van der Waals surface area contributed by atoms with Crippen LogP contribution in [-0.2, 0) is 10.0 Å². The Morgan fingerprint density at radius 1 is 1.30 bits per heavy atom. The van der Waals surface area contributed by atoms with Crippen LogP contribution >= 0.6 is 15.9 Å². The van der Waals surface area contributed by atoms with Gasteiger partial charge in [-0.05, 0) is 47.5 Å². The van der Waals surface area contributed by atoms with Crippen LogP contribution in [0, 0.1) is 0 Å². The van der Waals surface area contributed by atoms with E-state index in [1.54, 1.807) is 6.07 Å². The highest BCUT2D eigenvalue weighted by molar-refractivity contribution is 9.10. The molecule has 0 aliphatic rings. The van der Waals surface area contributed by atoms with Gasteiger partial charge in [0.05, 0.1) is 4.90 Å². The minimum absolute atomic E-state index is 0.116. The van der Waals surface area contributed by atoms with Crippen LogP contribution in [0.5, 0.6) is 0 Å². The van der Waals surface area contributed by atoms with E-state index in [-0.39, 0.29) is 4.90 Å². The summed E-state index contributed by atoms with van der Waals surface area (Å²) in [6, 6.07) is 5.14. The van der Waals surface area contributed by atoms with Crippen LogP contribution in [0.25, 0.3) is 0 Å². The summed E-state index contributed by atoms with van der Waals surface area (Å²) in [5.74, 6) is 0. The molecule has 3 N–H and O–H groups in total. The molecule has 0 bridgehead atoms. The van der Waals surface area contributed by atoms with Crippen molar-refractivity contribution in [2.75, 3.05) is 5.32 Å². The van der Waals surface area contributed by atoms with Gasteiger partial charge in [0.2, 0.25) is 10.0 Å². The lowest BCUT2D eigenvalue weighted by Gasteiger charge is -2.16. The first-order chi connectivity index (χ1) is 9.34. The molecule has 0 spiro atoms. The van der Waals surface area contributed by atoms with Crippen molar-refractivity contribution in [3.8, 4) is 0 Å². The van der Waals surface area contributed by atoms with Crippen LogP contribution in [-0.4, -0.2) is 14.5 Å². The van der Waals surface area contributed by atoms with Crippen molar-refractivity contribution >= 4 is 31.6 Å². The molecule has 1 aromatic rings. The predicted octanol–water partition coefficient (Wildman–Crippen LogP) is 3.87. The van der Waals surface area contributed by atoms with E-state index in [9.17, 15) is 8.42 Å². The van der Waals surface area contributed by atoms with Gasteiger partial charge in [-0.1, -0.05) is 32.6 Å². The van der Waals surface area contributed by atoms with Crippen molar-refractivity contribution in [3.63, 3.8) is 0 Å². The fraction of sp³-hybridized carbons (Fsp3) is 0.571. The minimum Gasteiger partial charge on any atom is -0.382 e. The normalized spacial score (nSPS) is 13.2. The second-order valence-corrected chi connectivity index (χ2v) is 7.50. The van der Waals surface area contributed by atoms with Crippen LogP contribution in [0.2, 0.25) is 0 Å². The molecule has 0 saturated heterocycles. The molecule has 114 valence electrons. The average molecular weight is 363 g/mol. The molecular weight excluding hydrogens is 340 g/mol. The molecule has 1 aromatic carbocycles. The summed E-state index contributed by atoms with van der Waals surface area (Å²) in [6.45, 7) is 4.33. The Kier molecular flexibility index (Phi) is 6.99. The second-order valence-electron chi connectivity index (χ2n) is 5.08. The van der Waals surface area contributed by atoms with E-state index in [4.69, 9.17) is 5.14 Å². The number of benzene rings is 1. The Morgan fingerprint density at radius 2 is 2.00 bits per heavy atom. The van der Waals surface area contributed by atoms with Gasteiger partial charge in [0.15, 0.2) is 0 Å². The quantitative estimate of drug-likeness (QED) is 0.689. The topological polar surface area (TPSA) is 72.2 Å². The van der Waals surface area contributed by atoms with Crippen molar-refractivity contribution in [2.45, 2.75) is 56.9 Å². The Hall–Kier alpha value is -0.590. The Bertz CT molecular complexity index is 532. The highest BCUT2D eigenvalue weighted by Crippen LogP contribution is 2.26. The summed E-state index contributed by atoms with van der Waals surface area (Å²) in [7, 11) is -3.65. The van der Waals surface area contributed by atoms with Crippen molar-refractivity contribution in [1.29, 1.82) is 0 Å². The van der Waals surface area contributed by atoms with Crippen LogP contribution in [0.1, 0.15) is 46.0 Å². The summed E-state index contributed by atoms with van der Waals surface area (Å²) in [5, 5.41) is 8.49. The number of primary sulfonamides is 1. The van der Waals surface area contributed by atoms with E-state index >= 15 is 0 Å². The summed E-state index contributed by atoms with van der Waals surface area (Å²) in [6.07, 6.45) is 6.08. The molecule has 0 heterocycles. The number of nitrogens with two attached hydrogens (primary N) is 1. The number of hydrogen-bond donors (Lipinski definition) is 2. The molecule has 1 rings (SSSR count). The van der Waals surface area contributed by atoms with Gasteiger partial charge in [0, 0.05) is 16.2 Å². The van der Waals surface area contributed by atoms with Crippen molar-refractivity contribution in [2.24, 2.45) is 5.14 Å². The van der Waals surface area contributed by atoms with Gasteiger partial charge < -0.3 is 5.32 Å². The highest BCUT2D eigenvalue weighted by atomic mass is 79.9. The molecular formula is C14H23BrN2O2S. The first kappa shape index (κ1) is 17.5. The summed E-state index contributed by atoms with van der Waals surface area (Å²) < 4.78 is 23.2. The molecule has 0 saturated carbocycles. The largest absolute Gasteiger partial charge is 0.382 e. The summed E-state index contributed by atoms with van der Waals surface area (Å²) in [4.78, 5) is 0.116. The molecule has 0 amide bonds. The number of rotatable bonds is 8. The van der Waals surface area contributed by atoms with Crippen molar-refractivity contribution in [1.82, 2.24) is 0 Å². The zero-order valence-electron chi connectivity index (χ0n) is 12.0. The summed E-state index contributed by atoms with van der Waals surface area (Å²) >= 11 is 3.38. The van der Waals surface area contributed by atoms with Gasteiger partial charge in [-0.25, -0.2) is 13.6 Å². The van der Waals surface area contributed by atoms with E-state index < -0.39 is 10.0 Å². The third-order valence-corrected chi connectivity index (χ3v) is 4.73. The smallest absolute Gasteiger partial charge is 0.238 e.